The average molecular weight is 528 g/mol. The molecule has 38 heavy (non-hydrogen) atoms. The quantitative estimate of drug-likeness (QED) is 0.432. The first-order chi connectivity index (χ1) is 17.5. The van der Waals surface area contributed by atoms with Crippen LogP contribution in [0.1, 0.15) is 113 Å². The third kappa shape index (κ3) is 3.50. The lowest BCUT2D eigenvalue weighted by Gasteiger charge is -2.70. The summed E-state index contributed by atoms with van der Waals surface area (Å²) in [6.07, 6.45) is 9.59. The second kappa shape index (κ2) is 8.41. The molecule has 0 aliphatic heterocycles. The predicted molar refractivity (Wildman–Crippen MR) is 146 cm³/mol. The molecular weight excluding hydrogens is 478 g/mol. The van der Waals surface area contributed by atoms with Crippen molar-refractivity contribution in [3.05, 3.63) is 11.6 Å². The molecule has 0 radical (unpaired) electrons. The Morgan fingerprint density at radius 3 is 2.29 bits per heavy atom. The van der Waals surface area contributed by atoms with Crippen LogP contribution in [0.4, 0.5) is 0 Å². The Kier molecular flexibility index (Phi) is 6.16. The van der Waals surface area contributed by atoms with Crippen LogP contribution in [0.15, 0.2) is 11.6 Å². The van der Waals surface area contributed by atoms with Gasteiger partial charge in [0.1, 0.15) is 6.10 Å². The van der Waals surface area contributed by atoms with Crippen LogP contribution in [0.5, 0.6) is 0 Å². The van der Waals surface area contributed by atoms with Crippen molar-refractivity contribution in [2.75, 3.05) is 0 Å². The normalized spacial score (nSPS) is 52.0. The second-order valence-electron chi connectivity index (χ2n) is 15.3. The zero-order valence-electron chi connectivity index (χ0n) is 24.6. The van der Waals surface area contributed by atoms with E-state index >= 15 is 0 Å². The van der Waals surface area contributed by atoms with Gasteiger partial charge in [0.15, 0.2) is 5.78 Å². The highest BCUT2D eigenvalue weighted by Crippen LogP contribution is 2.74. The first-order valence-electron chi connectivity index (χ1n) is 15.0. The van der Waals surface area contributed by atoms with Gasteiger partial charge in [-0.05, 0) is 111 Å². The topological polar surface area (TPSA) is 107 Å². The number of hydrogen-bond donors (Lipinski definition) is 2. The molecule has 3 N–H and O–H groups in total. The molecule has 0 unspecified atom stereocenters. The zero-order valence-corrected chi connectivity index (χ0v) is 24.6. The fourth-order valence-corrected chi connectivity index (χ4v) is 10.5. The molecule has 4 fully saturated rings. The van der Waals surface area contributed by atoms with Gasteiger partial charge in [-0.1, -0.05) is 40.2 Å². The number of ketones is 1. The molecule has 0 bridgehead atoms. The number of nitrogens with two attached hydrogens (primary N) is 1. The highest BCUT2D eigenvalue weighted by molar-refractivity contribution is 5.95. The lowest BCUT2D eigenvalue weighted by molar-refractivity contribution is -0.197. The lowest BCUT2D eigenvalue weighted by Crippen LogP contribution is -2.71. The van der Waals surface area contributed by atoms with Crippen molar-refractivity contribution in [2.24, 2.45) is 50.6 Å². The fourth-order valence-electron chi connectivity index (χ4n) is 10.5. The van der Waals surface area contributed by atoms with Crippen LogP contribution in [-0.4, -0.2) is 34.5 Å². The first-order valence-corrected chi connectivity index (χ1v) is 15.0. The summed E-state index contributed by atoms with van der Waals surface area (Å²) >= 11 is 0. The molecule has 6 heteroatoms. The van der Waals surface area contributed by atoms with Gasteiger partial charge in [0.25, 0.3) is 0 Å². The highest BCUT2D eigenvalue weighted by atomic mass is 16.5. The van der Waals surface area contributed by atoms with E-state index in [2.05, 4.69) is 27.7 Å². The van der Waals surface area contributed by atoms with E-state index < -0.39 is 16.9 Å². The number of hydrogen-bond acceptors (Lipinski definition) is 5. The number of carbonyl (C=O) groups is 3. The summed E-state index contributed by atoms with van der Waals surface area (Å²) in [6, 6.07) is 0. The molecule has 212 valence electrons. The van der Waals surface area contributed by atoms with Gasteiger partial charge in [0.2, 0.25) is 0 Å². The van der Waals surface area contributed by atoms with Crippen LogP contribution in [0.25, 0.3) is 0 Å². The maximum atomic E-state index is 14.4. The number of carboxylic acids is 1. The SMILES string of the molecule is CCC(=O)O[C@H]1CC[C@]2(C)[C@H]3C(=O)C=C4[C@@H]5C[C@@](C)(C(=O)O)CC[C@]5(C)CC[C@@]4(C)[C@]3(C)CC[C@H]2[C@]1(C)N. The van der Waals surface area contributed by atoms with Gasteiger partial charge >= 0.3 is 11.9 Å². The Bertz CT molecular complexity index is 1100. The van der Waals surface area contributed by atoms with Crippen LogP contribution in [0.3, 0.4) is 0 Å². The summed E-state index contributed by atoms with van der Waals surface area (Å²) < 4.78 is 5.84. The number of carboxylic acid groups (broad SMARTS) is 1. The molecule has 0 aromatic rings. The van der Waals surface area contributed by atoms with E-state index in [-0.39, 0.29) is 57.3 Å². The number of carbonyl (C=O) groups excluding carboxylic acids is 2. The van der Waals surface area contributed by atoms with Gasteiger partial charge in [-0.15, -0.1) is 0 Å². The minimum absolute atomic E-state index is 0.0436. The summed E-state index contributed by atoms with van der Waals surface area (Å²) in [6.45, 7) is 15.1. The van der Waals surface area contributed by atoms with Crippen LogP contribution in [0, 0.1) is 44.8 Å². The molecule has 0 aromatic carbocycles. The third-order valence-electron chi connectivity index (χ3n) is 13.3. The molecule has 0 amide bonds. The standard InChI is InChI=1S/C32H49NO5/c1-8-24(35)38-23-10-11-29(4)22(32(23,7)33)9-12-31(6)25(29)21(34)17-19-20-18-28(3,26(36)37)14-13-27(20,2)15-16-30(19,31)5/h17,20,22-23,25H,8-16,18,33H2,1-7H3,(H,36,37)/t20-,22+,23-,25+,27+,28-,29-,30+,31+,32-/m0/s1. The van der Waals surface area contributed by atoms with E-state index in [4.69, 9.17) is 10.5 Å². The smallest absolute Gasteiger partial charge is 0.309 e. The molecule has 0 spiro atoms. The minimum Gasteiger partial charge on any atom is -0.481 e. The van der Waals surface area contributed by atoms with E-state index in [1.165, 1.54) is 5.57 Å². The molecule has 5 rings (SSSR count). The van der Waals surface area contributed by atoms with Crippen LogP contribution in [-0.2, 0) is 19.1 Å². The van der Waals surface area contributed by atoms with Gasteiger partial charge in [-0.25, -0.2) is 0 Å². The average Bonchev–Trinajstić information content (AvgIpc) is 2.83. The lowest BCUT2D eigenvalue weighted by atomic mass is 9.34. The van der Waals surface area contributed by atoms with Crippen molar-refractivity contribution in [1.82, 2.24) is 0 Å². The number of aliphatic carboxylic acids is 1. The Hall–Kier alpha value is -1.69. The molecular formula is C32H49NO5. The van der Waals surface area contributed by atoms with Crippen molar-refractivity contribution >= 4 is 17.7 Å². The molecule has 10 atom stereocenters. The van der Waals surface area contributed by atoms with Crippen LogP contribution in [0.2, 0.25) is 0 Å². The van der Waals surface area contributed by atoms with Crippen LogP contribution >= 0.6 is 0 Å². The molecule has 0 saturated heterocycles. The summed E-state index contributed by atoms with van der Waals surface area (Å²) in [5, 5.41) is 10.1. The van der Waals surface area contributed by atoms with Gasteiger partial charge < -0.3 is 15.6 Å². The first kappa shape index (κ1) is 27.9. The number of rotatable bonds is 3. The van der Waals surface area contributed by atoms with Gasteiger partial charge in [-0.3, -0.25) is 14.4 Å². The van der Waals surface area contributed by atoms with Crippen molar-refractivity contribution in [3.63, 3.8) is 0 Å². The number of allylic oxidation sites excluding steroid dienone is 2. The summed E-state index contributed by atoms with van der Waals surface area (Å²) in [5.41, 5.74) is 6.22. The van der Waals surface area contributed by atoms with E-state index in [9.17, 15) is 19.5 Å². The van der Waals surface area contributed by atoms with Crippen molar-refractivity contribution < 1.29 is 24.2 Å². The molecule has 4 saturated carbocycles. The fraction of sp³-hybridized carbons (Fsp3) is 0.844. The summed E-state index contributed by atoms with van der Waals surface area (Å²) in [7, 11) is 0. The highest BCUT2D eigenvalue weighted by Gasteiger charge is 2.70. The van der Waals surface area contributed by atoms with Crippen molar-refractivity contribution in [3.8, 4) is 0 Å². The monoisotopic (exact) mass is 527 g/mol. The molecule has 5 aliphatic rings. The maximum Gasteiger partial charge on any atom is 0.309 e. The second-order valence-corrected chi connectivity index (χ2v) is 15.3. The summed E-state index contributed by atoms with van der Waals surface area (Å²) in [4.78, 5) is 38.8. The van der Waals surface area contributed by atoms with Gasteiger partial charge in [0, 0.05) is 12.3 Å². The number of ether oxygens (including phenoxy) is 1. The molecule has 5 aliphatic carbocycles. The predicted octanol–water partition coefficient (Wildman–Crippen LogP) is 6.06. The molecule has 6 nitrogen and oxygen atoms in total. The number of esters is 1. The van der Waals surface area contributed by atoms with E-state index in [1.54, 1.807) is 6.92 Å². The molecule has 0 aromatic heterocycles. The maximum absolute atomic E-state index is 14.4. The molecule has 0 heterocycles. The van der Waals surface area contributed by atoms with Gasteiger partial charge in [0.05, 0.1) is 11.0 Å². The van der Waals surface area contributed by atoms with Crippen molar-refractivity contribution in [1.29, 1.82) is 0 Å². The zero-order chi connectivity index (χ0) is 28.1. The Morgan fingerprint density at radius 2 is 1.66 bits per heavy atom. The Balaban J connectivity index is 1.56. The number of fused-ring (bicyclic) bond motifs is 7. The third-order valence-corrected chi connectivity index (χ3v) is 13.3. The largest absolute Gasteiger partial charge is 0.481 e. The van der Waals surface area contributed by atoms with E-state index in [0.29, 0.717) is 25.7 Å². The summed E-state index contributed by atoms with van der Waals surface area (Å²) in [5.74, 6) is -0.665. The van der Waals surface area contributed by atoms with Crippen molar-refractivity contribution in [2.45, 2.75) is 124 Å². The van der Waals surface area contributed by atoms with Crippen LogP contribution < -0.4 is 5.73 Å². The van der Waals surface area contributed by atoms with Gasteiger partial charge in [-0.2, -0.15) is 0 Å². The Labute approximate surface area is 228 Å². The minimum atomic E-state index is -0.747. The van der Waals surface area contributed by atoms with E-state index in [0.717, 1.165) is 38.5 Å². The Morgan fingerprint density at radius 1 is 1.00 bits per heavy atom. The van der Waals surface area contributed by atoms with E-state index in [1.807, 2.05) is 19.9 Å².